The second-order valence-corrected chi connectivity index (χ2v) is 5.65. The zero-order valence-electron chi connectivity index (χ0n) is 12.3. The minimum absolute atomic E-state index is 0.575. The van der Waals surface area contributed by atoms with Gasteiger partial charge in [0, 0.05) is 13.0 Å². The first-order valence-electron chi connectivity index (χ1n) is 7.37. The van der Waals surface area contributed by atoms with Gasteiger partial charge < -0.3 is 9.63 Å². The van der Waals surface area contributed by atoms with Crippen molar-refractivity contribution in [2.45, 2.75) is 52.5 Å². The molecule has 0 spiro atoms. The molecule has 2 rings (SSSR count). The average Bonchev–Trinajstić information content (AvgIpc) is 2.99. The lowest BCUT2D eigenvalue weighted by Crippen LogP contribution is -2.34. The number of aromatic nitrogens is 2. The summed E-state index contributed by atoms with van der Waals surface area (Å²) in [5.74, 6) is 0.646. The van der Waals surface area contributed by atoms with Gasteiger partial charge in [0.25, 0.3) is 0 Å². The average molecular weight is 281 g/mol. The molecular formula is C14H23N3O3. The smallest absolute Gasteiger partial charge is 0.310 e. The van der Waals surface area contributed by atoms with E-state index in [9.17, 15) is 9.90 Å². The summed E-state index contributed by atoms with van der Waals surface area (Å²) in [6, 6.07) is 0. The van der Waals surface area contributed by atoms with Gasteiger partial charge in [-0.2, -0.15) is 4.98 Å². The molecule has 6 nitrogen and oxygen atoms in total. The standard InChI is InChI=1S/C14H23N3O3/c1-3-5-12-15-11(16-20-12)9-17-8-7-14(10-17,6-4-2)13(18)19/h3-10H2,1-2H3,(H,18,19). The maximum atomic E-state index is 11.5. The van der Waals surface area contributed by atoms with Gasteiger partial charge in [0.15, 0.2) is 5.82 Å². The summed E-state index contributed by atoms with van der Waals surface area (Å²) in [6.45, 7) is 6.03. The normalized spacial score (nSPS) is 23.3. The molecule has 0 radical (unpaired) electrons. The van der Waals surface area contributed by atoms with Gasteiger partial charge in [-0.3, -0.25) is 9.69 Å². The van der Waals surface area contributed by atoms with Crippen LogP contribution in [0.25, 0.3) is 0 Å². The van der Waals surface area contributed by atoms with Gasteiger partial charge in [-0.1, -0.05) is 25.4 Å². The van der Waals surface area contributed by atoms with Gasteiger partial charge in [-0.05, 0) is 25.8 Å². The Morgan fingerprint density at radius 2 is 2.25 bits per heavy atom. The van der Waals surface area contributed by atoms with Crippen LogP contribution in [0.1, 0.15) is 51.2 Å². The highest BCUT2D eigenvalue weighted by Crippen LogP contribution is 2.36. The van der Waals surface area contributed by atoms with Gasteiger partial charge in [0.1, 0.15) is 0 Å². The van der Waals surface area contributed by atoms with Gasteiger partial charge in [0.2, 0.25) is 5.89 Å². The summed E-state index contributed by atoms with van der Waals surface area (Å²) in [4.78, 5) is 18.0. The maximum Gasteiger partial charge on any atom is 0.310 e. The Labute approximate surface area is 119 Å². The fourth-order valence-electron chi connectivity index (χ4n) is 2.93. The molecule has 1 aromatic heterocycles. The van der Waals surface area contributed by atoms with Crippen LogP contribution in [-0.2, 0) is 17.8 Å². The first-order valence-corrected chi connectivity index (χ1v) is 7.37. The van der Waals surface area contributed by atoms with E-state index < -0.39 is 11.4 Å². The molecule has 1 aliphatic heterocycles. The van der Waals surface area contributed by atoms with Crippen molar-refractivity contribution >= 4 is 5.97 Å². The van der Waals surface area contributed by atoms with E-state index in [4.69, 9.17) is 4.52 Å². The van der Waals surface area contributed by atoms with E-state index >= 15 is 0 Å². The van der Waals surface area contributed by atoms with E-state index in [1.165, 1.54) is 0 Å². The molecule has 112 valence electrons. The van der Waals surface area contributed by atoms with E-state index in [2.05, 4.69) is 22.0 Å². The highest BCUT2D eigenvalue weighted by atomic mass is 16.5. The zero-order chi connectivity index (χ0) is 14.6. The number of hydrogen-bond acceptors (Lipinski definition) is 5. The molecule has 0 bridgehead atoms. The third-order valence-corrected chi connectivity index (χ3v) is 3.95. The Kier molecular flexibility index (Phi) is 4.75. The van der Waals surface area contributed by atoms with Gasteiger partial charge in [-0.15, -0.1) is 0 Å². The largest absolute Gasteiger partial charge is 0.481 e. The predicted octanol–water partition coefficient (Wildman–Crippen LogP) is 2.10. The van der Waals surface area contributed by atoms with Crippen molar-refractivity contribution in [1.29, 1.82) is 0 Å². The molecule has 1 saturated heterocycles. The zero-order valence-corrected chi connectivity index (χ0v) is 12.3. The highest BCUT2D eigenvalue weighted by molar-refractivity contribution is 5.75. The van der Waals surface area contributed by atoms with Crippen molar-refractivity contribution in [3.8, 4) is 0 Å². The summed E-state index contributed by atoms with van der Waals surface area (Å²) in [7, 11) is 0. The van der Waals surface area contributed by atoms with Crippen LogP contribution >= 0.6 is 0 Å². The van der Waals surface area contributed by atoms with E-state index in [-0.39, 0.29) is 0 Å². The lowest BCUT2D eigenvalue weighted by atomic mass is 9.83. The molecule has 0 aliphatic carbocycles. The van der Waals surface area contributed by atoms with Crippen LogP contribution in [0.5, 0.6) is 0 Å². The van der Waals surface area contributed by atoms with Crippen LogP contribution in [0, 0.1) is 5.41 Å². The van der Waals surface area contributed by atoms with Crippen LogP contribution in [0.15, 0.2) is 4.52 Å². The fraction of sp³-hybridized carbons (Fsp3) is 0.786. The summed E-state index contributed by atoms with van der Waals surface area (Å²) in [5, 5.41) is 13.4. The van der Waals surface area contributed by atoms with Crippen LogP contribution in [0.4, 0.5) is 0 Å². The summed E-state index contributed by atoms with van der Waals surface area (Å²) >= 11 is 0. The monoisotopic (exact) mass is 281 g/mol. The second-order valence-electron chi connectivity index (χ2n) is 5.65. The van der Waals surface area contributed by atoms with Crippen LogP contribution < -0.4 is 0 Å². The third-order valence-electron chi connectivity index (χ3n) is 3.95. The molecule has 2 heterocycles. The van der Waals surface area contributed by atoms with Gasteiger partial charge >= 0.3 is 5.97 Å². The fourth-order valence-corrected chi connectivity index (χ4v) is 2.93. The molecule has 0 aromatic carbocycles. The summed E-state index contributed by atoms with van der Waals surface area (Å²) in [5.41, 5.74) is -0.593. The Morgan fingerprint density at radius 3 is 2.90 bits per heavy atom. The SMILES string of the molecule is CCCc1nc(CN2CCC(CCC)(C(=O)O)C2)no1. The molecular weight excluding hydrogens is 258 g/mol. The Balaban J connectivity index is 1.96. The van der Waals surface area contributed by atoms with Crippen molar-refractivity contribution in [1.82, 2.24) is 15.0 Å². The minimum atomic E-state index is -0.679. The number of aryl methyl sites for hydroxylation is 1. The van der Waals surface area contributed by atoms with Gasteiger partial charge in [-0.25, -0.2) is 0 Å². The molecule has 20 heavy (non-hydrogen) atoms. The number of carbonyl (C=O) groups is 1. The molecule has 1 unspecified atom stereocenters. The van der Waals surface area contributed by atoms with Crippen LogP contribution in [0.2, 0.25) is 0 Å². The molecule has 6 heteroatoms. The van der Waals surface area contributed by atoms with Crippen LogP contribution in [0.3, 0.4) is 0 Å². The maximum absolute atomic E-state index is 11.5. The van der Waals surface area contributed by atoms with E-state index in [0.29, 0.717) is 31.2 Å². The molecule has 1 aromatic rings. The van der Waals surface area contributed by atoms with E-state index in [0.717, 1.165) is 32.2 Å². The van der Waals surface area contributed by atoms with Crippen molar-refractivity contribution in [3.05, 3.63) is 11.7 Å². The molecule has 1 aliphatic rings. The minimum Gasteiger partial charge on any atom is -0.481 e. The molecule has 1 N–H and O–H groups in total. The summed E-state index contributed by atoms with van der Waals surface area (Å²) in [6.07, 6.45) is 4.09. The molecule has 0 saturated carbocycles. The topological polar surface area (TPSA) is 79.5 Å². The van der Waals surface area contributed by atoms with Crippen LogP contribution in [-0.4, -0.2) is 39.2 Å². The van der Waals surface area contributed by atoms with Crippen molar-refractivity contribution in [2.24, 2.45) is 5.41 Å². The van der Waals surface area contributed by atoms with Crippen molar-refractivity contribution in [3.63, 3.8) is 0 Å². The lowest BCUT2D eigenvalue weighted by molar-refractivity contribution is -0.148. The van der Waals surface area contributed by atoms with E-state index in [1.54, 1.807) is 0 Å². The Morgan fingerprint density at radius 1 is 1.45 bits per heavy atom. The molecule has 1 fully saturated rings. The third kappa shape index (κ3) is 3.17. The number of likely N-dealkylation sites (tertiary alicyclic amines) is 1. The van der Waals surface area contributed by atoms with E-state index in [1.807, 2.05) is 6.92 Å². The molecule has 0 amide bonds. The second kappa shape index (κ2) is 6.35. The van der Waals surface area contributed by atoms with Crippen molar-refractivity contribution < 1.29 is 14.4 Å². The lowest BCUT2D eigenvalue weighted by Gasteiger charge is -2.23. The Bertz CT molecular complexity index is 460. The number of nitrogens with zero attached hydrogens (tertiary/aromatic N) is 3. The predicted molar refractivity (Wildman–Crippen MR) is 73.2 cm³/mol. The Hall–Kier alpha value is -1.43. The highest BCUT2D eigenvalue weighted by Gasteiger charge is 2.44. The number of carboxylic acid groups (broad SMARTS) is 1. The number of hydrogen-bond donors (Lipinski definition) is 1. The molecule has 1 atom stereocenters. The number of aliphatic carboxylic acids is 1. The first-order chi connectivity index (χ1) is 9.59. The van der Waals surface area contributed by atoms with Gasteiger partial charge in [0.05, 0.1) is 12.0 Å². The first kappa shape index (κ1) is 15.0. The van der Waals surface area contributed by atoms with Crippen molar-refractivity contribution in [2.75, 3.05) is 13.1 Å². The quantitative estimate of drug-likeness (QED) is 0.824. The number of carboxylic acids is 1. The summed E-state index contributed by atoms with van der Waals surface area (Å²) < 4.78 is 5.16. The number of rotatable bonds is 7.